The monoisotopic (exact) mass is 503 g/mol. The molecular formula is C30H41N5S. The van der Waals surface area contributed by atoms with Crippen molar-refractivity contribution in [3.63, 3.8) is 0 Å². The normalized spacial score (nSPS) is 21.3. The lowest BCUT2D eigenvalue weighted by molar-refractivity contribution is 0.291. The minimum Gasteiger partial charge on any atom is -0.383 e. The molecule has 3 rings (SSSR count). The number of nitrogens with zero attached hydrogens (tertiary/aromatic N) is 3. The largest absolute Gasteiger partial charge is 0.383 e. The van der Waals surface area contributed by atoms with E-state index in [9.17, 15) is 0 Å². The van der Waals surface area contributed by atoms with Crippen molar-refractivity contribution in [3.8, 4) is 0 Å². The highest BCUT2D eigenvalue weighted by atomic mass is 32.2. The molecule has 0 radical (unpaired) electrons. The van der Waals surface area contributed by atoms with Crippen LogP contribution >= 0.6 is 11.8 Å². The molecule has 4 bridgehead atoms. The van der Waals surface area contributed by atoms with E-state index in [0.29, 0.717) is 12.5 Å². The minimum atomic E-state index is 0.501. The van der Waals surface area contributed by atoms with Gasteiger partial charge in [0.2, 0.25) is 0 Å². The summed E-state index contributed by atoms with van der Waals surface area (Å²) < 4.78 is 0. The van der Waals surface area contributed by atoms with Crippen LogP contribution in [0.4, 0.5) is 0 Å². The van der Waals surface area contributed by atoms with Crippen molar-refractivity contribution in [1.29, 1.82) is 0 Å². The van der Waals surface area contributed by atoms with E-state index in [4.69, 9.17) is 9.98 Å². The number of nitrogens with one attached hydrogen (secondary N) is 2. The van der Waals surface area contributed by atoms with Crippen molar-refractivity contribution in [2.24, 2.45) is 10.9 Å². The van der Waals surface area contributed by atoms with Gasteiger partial charge in [-0.1, -0.05) is 56.9 Å². The molecule has 1 aromatic rings. The van der Waals surface area contributed by atoms with Crippen molar-refractivity contribution >= 4 is 17.6 Å². The number of thioether (sulfide) groups is 1. The van der Waals surface area contributed by atoms with E-state index >= 15 is 0 Å². The second-order valence-electron chi connectivity index (χ2n) is 9.11. The first-order valence-corrected chi connectivity index (χ1v) is 14.1. The summed E-state index contributed by atoms with van der Waals surface area (Å²) in [4.78, 5) is 10.9. The van der Waals surface area contributed by atoms with Gasteiger partial charge in [-0.15, -0.1) is 17.5 Å². The van der Waals surface area contributed by atoms with E-state index in [1.165, 1.54) is 5.70 Å². The Labute approximate surface area is 221 Å². The van der Waals surface area contributed by atoms with Crippen LogP contribution in [0.5, 0.6) is 0 Å². The molecule has 3 heterocycles. The molecule has 2 aliphatic rings. The van der Waals surface area contributed by atoms with Crippen LogP contribution in [0.1, 0.15) is 70.7 Å². The van der Waals surface area contributed by atoms with Gasteiger partial charge in [-0.25, -0.2) is 9.98 Å². The molecule has 6 heteroatoms. The number of rotatable bonds is 6. The molecule has 0 fully saturated rings. The summed E-state index contributed by atoms with van der Waals surface area (Å²) in [6, 6.07) is 6.14. The summed E-state index contributed by atoms with van der Waals surface area (Å²) in [7, 11) is 0. The number of aliphatic imine (C=N–C) groups is 1. The van der Waals surface area contributed by atoms with Crippen LogP contribution in [-0.2, 0) is 6.54 Å². The quantitative estimate of drug-likeness (QED) is 0.248. The Bertz CT molecular complexity index is 1070. The van der Waals surface area contributed by atoms with Gasteiger partial charge < -0.3 is 5.32 Å². The molecule has 0 aromatic carbocycles. The van der Waals surface area contributed by atoms with Crippen LogP contribution in [0.3, 0.4) is 0 Å². The first-order valence-electron chi connectivity index (χ1n) is 13.1. The maximum absolute atomic E-state index is 4.91. The molecule has 0 spiro atoms. The molecule has 0 amide bonds. The molecule has 0 aliphatic carbocycles. The third kappa shape index (κ3) is 8.32. The first kappa shape index (κ1) is 27.6. The van der Waals surface area contributed by atoms with E-state index in [1.54, 1.807) is 0 Å². The zero-order chi connectivity index (χ0) is 25.8. The Morgan fingerprint density at radius 3 is 2.97 bits per heavy atom. The maximum atomic E-state index is 4.91. The average molecular weight is 504 g/mol. The van der Waals surface area contributed by atoms with Gasteiger partial charge in [0, 0.05) is 22.9 Å². The summed E-state index contributed by atoms with van der Waals surface area (Å²) in [6.45, 7) is 15.9. The molecule has 5 nitrogen and oxygen atoms in total. The Balaban J connectivity index is 1.80. The fraction of sp³-hybridized carbons (Fsp3) is 0.433. The molecule has 192 valence electrons. The van der Waals surface area contributed by atoms with Crippen molar-refractivity contribution in [2.45, 2.75) is 65.8 Å². The van der Waals surface area contributed by atoms with Gasteiger partial charge >= 0.3 is 0 Å². The summed E-state index contributed by atoms with van der Waals surface area (Å²) in [5.74, 6) is 2.34. The van der Waals surface area contributed by atoms with Crippen LogP contribution in [-0.4, -0.2) is 28.1 Å². The Morgan fingerprint density at radius 2 is 2.19 bits per heavy atom. The van der Waals surface area contributed by atoms with Crippen LogP contribution in [0.15, 0.2) is 88.4 Å². The molecule has 1 atom stereocenters. The highest BCUT2D eigenvalue weighted by Gasteiger charge is 2.21. The van der Waals surface area contributed by atoms with Gasteiger partial charge in [0.25, 0.3) is 0 Å². The lowest BCUT2D eigenvalue weighted by Gasteiger charge is -2.33. The van der Waals surface area contributed by atoms with Crippen molar-refractivity contribution in [1.82, 2.24) is 20.7 Å². The number of fused-ring (bicyclic) bond motifs is 5. The van der Waals surface area contributed by atoms with Crippen molar-refractivity contribution in [3.05, 3.63) is 94.8 Å². The Morgan fingerprint density at radius 1 is 1.33 bits per heavy atom. The molecule has 1 unspecified atom stereocenters. The van der Waals surface area contributed by atoms with Gasteiger partial charge in [0.1, 0.15) is 5.69 Å². The number of allylic oxidation sites excluding steroid dienone is 6. The highest BCUT2D eigenvalue weighted by Crippen LogP contribution is 2.24. The highest BCUT2D eigenvalue weighted by molar-refractivity contribution is 8.03. The number of hydrogen-bond donors (Lipinski definition) is 2. The summed E-state index contributed by atoms with van der Waals surface area (Å²) >= 11 is 1.82. The Hall–Kier alpha value is -2.95. The predicted octanol–water partition coefficient (Wildman–Crippen LogP) is 7.01. The molecule has 2 aliphatic heterocycles. The summed E-state index contributed by atoms with van der Waals surface area (Å²) in [6.07, 6.45) is 15.6. The van der Waals surface area contributed by atoms with Crippen LogP contribution in [0, 0.1) is 5.92 Å². The SMILES string of the molecule is C=C=C(C)SCC/C=C/C1CCCCN2NC(=N/C(=C\C)C2=C)c2cccc(n2)CN/C(=C\CC)C1. The first-order chi connectivity index (χ1) is 17.5. The lowest BCUT2D eigenvalue weighted by Crippen LogP contribution is -2.46. The topological polar surface area (TPSA) is 52.5 Å². The summed E-state index contributed by atoms with van der Waals surface area (Å²) in [5.41, 5.74) is 11.4. The van der Waals surface area contributed by atoms with E-state index in [-0.39, 0.29) is 0 Å². The third-order valence-electron chi connectivity index (χ3n) is 6.31. The standard InChI is InChI=1S/C30H41N5S/c1-6-14-26-21-25(16-10-12-20-36-23(4)7-2)15-9-11-19-35-24(5)28(8-3)33-30(34-35)29-18-13-17-27(32-29)22-31-26/h8,10,13-14,16-18,25,31H,2,5-6,9,11-12,15,19-22H2,1,3-4H3,(H,33,34)/b16-10+,26-14-,28-8-. The van der Waals surface area contributed by atoms with E-state index < -0.39 is 0 Å². The number of aromatic nitrogens is 1. The lowest BCUT2D eigenvalue weighted by atomic mass is 9.95. The maximum Gasteiger partial charge on any atom is 0.171 e. The molecule has 2 N–H and O–H groups in total. The second kappa shape index (κ2) is 14.6. The zero-order valence-electron chi connectivity index (χ0n) is 22.1. The van der Waals surface area contributed by atoms with Crippen LogP contribution in [0.2, 0.25) is 0 Å². The van der Waals surface area contributed by atoms with E-state index in [2.05, 4.69) is 78.8 Å². The van der Waals surface area contributed by atoms with Crippen LogP contribution in [0.25, 0.3) is 0 Å². The number of hydrazine groups is 1. The molecule has 1 aromatic heterocycles. The van der Waals surface area contributed by atoms with E-state index in [0.717, 1.165) is 84.3 Å². The van der Waals surface area contributed by atoms with Crippen molar-refractivity contribution < 1.29 is 0 Å². The molecule has 0 saturated carbocycles. The van der Waals surface area contributed by atoms with Crippen LogP contribution < -0.4 is 10.7 Å². The fourth-order valence-corrected chi connectivity index (χ4v) is 4.98. The van der Waals surface area contributed by atoms with Gasteiger partial charge in [-0.2, -0.15) is 0 Å². The molecular weight excluding hydrogens is 462 g/mol. The van der Waals surface area contributed by atoms with Crippen molar-refractivity contribution in [2.75, 3.05) is 12.3 Å². The predicted molar refractivity (Wildman–Crippen MR) is 155 cm³/mol. The number of pyridine rings is 1. The second-order valence-corrected chi connectivity index (χ2v) is 10.4. The third-order valence-corrected chi connectivity index (χ3v) is 7.33. The smallest absolute Gasteiger partial charge is 0.171 e. The van der Waals surface area contributed by atoms with Gasteiger partial charge in [-0.3, -0.25) is 10.4 Å². The minimum absolute atomic E-state index is 0.501. The average Bonchev–Trinajstić information content (AvgIpc) is 2.89. The van der Waals surface area contributed by atoms with Gasteiger partial charge in [0.15, 0.2) is 5.84 Å². The number of hydrogen-bond acceptors (Lipinski definition) is 6. The summed E-state index contributed by atoms with van der Waals surface area (Å²) in [5, 5.41) is 5.81. The van der Waals surface area contributed by atoms with Gasteiger partial charge in [-0.05, 0) is 64.0 Å². The number of amidine groups is 1. The van der Waals surface area contributed by atoms with E-state index in [1.807, 2.05) is 30.8 Å². The molecule has 0 saturated heterocycles. The fourth-order valence-electron chi connectivity index (χ4n) is 4.31. The Kier molecular flexibility index (Phi) is 11.2. The van der Waals surface area contributed by atoms with Gasteiger partial charge in [0.05, 0.1) is 23.6 Å². The zero-order valence-corrected chi connectivity index (χ0v) is 23.0. The molecule has 36 heavy (non-hydrogen) atoms.